The molecule has 2 heterocycles. The maximum atomic E-state index is 14.7. The number of anilines is 4. The van der Waals surface area contributed by atoms with Gasteiger partial charge < -0.3 is 26.0 Å². The van der Waals surface area contributed by atoms with Gasteiger partial charge in [-0.2, -0.15) is 0 Å². The number of carbonyl (C=O) groups excluding carboxylic acids is 1. The van der Waals surface area contributed by atoms with Crippen molar-refractivity contribution < 1.29 is 13.9 Å². The molecule has 32 heavy (non-hydrogen) atoms. The quantitative estimate of drug-likeness (QED) is 0.545. The van der Waals surface area contributed by atoms with Crippen molar-refractivity contribution in [3.63, 3.8) is 0 Å². The number of benzene rings is 2. The Morgan fingerprint density at radius 3 is 2.53 bits per heavy atom. The van der Waals surface area contributed by atoms with Crippen LogP contribution in [0.2, 0.25) is 0 Å². The van der Waals surface area contributed by atoms with Gasteiger partial charge >= 0.3 is 0 Å². The van der Waals surface area contributed by atoms with Gasteiger partial charge in [-0.05, 0) is 43.3 Å². The van der Waals surface area contributed by atoms with Crippen molar-refractivity contribution in [3.8, 4) is 11.3 Å². The van der Waals surface area contributed by atoms with Crippen LogP contribution < -0.4 is 21.3 Å². The zero-order valence-corrected chi connectivity index (χ0v) is 17.7. The lowest BCUT2D eigenvalue weighted by molar-refractivity contribution is -0.117. The number of amides is 1. The van der Waals surface area contributed by atoms with Crippen molar-refractivity contribution in [3.05, 3.63) is 60.5 Å². The highest BCUT2D eigenvalue weighted by molar-refractivity contribution is 5.94. The number of morpholine rings is 1. The number of carbonyl (C=O) groups is 1. The highest BCUT2D eigenvalue weighted by Crippen LogP contribution is 2.26. The second kappa shape index (κ2) is 9.71. The number of ether oxygens (including phenoxy) is 1. The summed E-state index contributed by atoms with van der Waals surface area (Å²) in [6, 6.07) is 13.5. The highest BCUT2D eigenvalue weighted by atomic mass is 19.1. The van der Waals surface area contributed by atoms with Gasteiger partial charge in [0.1, 0.15) is 5.82 Å². The highest BCUT2D eigenvalue weighted by Gasteiger charge is 2.15. The molecule has 0 spiro atoms. The molecule has 0 radical (unpaired) electrons. The zero-order valence-electron chi connectivity index (χ0n) is 17.7. The number of rotatable bonds is 6. The molecule has 166 valence electrons. The van der Waals surface area contributed by atoms with Crippen LogP contribution in [0.3, 0.4) is 0 Å². The fraction of sp³-hybridized carbons (Fsp3) is 0.261. The van der Waals surface area contributed by atoms with Gasteiger partial charge in [0.25, 0.3) is 0 Å². The van der Waals surface area contributed by atoms with E-state index in [1.165, 1.54) is 6.07 Å². The molecule has 4 N–H and O–H groups in total. The van der Waals surface area contributed by atoms with E-state index < -0.39 is 6.04 Å². The topological polar surface area (TPSA) is 105 Å². The third-order valence-corrected chi connectivity index (χ3v) is 5.07. The van der Waals surface area contributed by atoms with E-state index >= 15 is 0 Å². The van der Waals surface area contributed by atoms with E-state index in [1.807, 2.05) is 17.0 Å². The fourth-order valence-corrected chi connectivity index (χ4v) is 3.33. The summed E-state index contributed by atoms with van der Waals surface area (Å²) in [7, 11) is 0. The first-order chi connectivity index (χ1) is 15.5. The van der Waals surface area contributed by atoms with Crippen molar-refractivity contribution in [2.75, 3.05) is 41.8 Å². The van der Waals surface area contributed by atoms with Crippen LogP contribution in [0.15, 0.2) is 54.7 Å². The number of aromatic nitrogens is 2. The lowest BCUT2D eigenvalue weighted by atomic mass is 10.1. The second-order valence-corrected chi connectivity index (χ2v) is 7.51. The molecule has 1 atom stereocenters. The third kappa shape index (κ3) is 5.19. The first-order valence-electron chi connectivity index (χ1n) is 10.4. The van der Waals surface area contributed by atoms with Gasteiger partial charge in [-0.25, -0.2) is 14.4 Å². The lowest BCUT2D eigenvalue weighted by Crippen LogP contribution is -2.36. The fourth-order valence-electron chi connectivity index (χ4n) is 3.33. The Labute approximate surface area is 185 Å². The van der Waals surface area contributed by atoms with E-state index in [9.17, 15) is 9.18 Å². The molecule has 1 saturated heterocycles. The van der Waals surface area contributed by atoms with Crippen LogP contribution in [0.25, 0.3) is 11.3 Å². The van der Waals surface area contributed by atoms with Crippen molar-refractivity contribution in [1.29, 1.82) is 0 Å². The zero-order chi connectivity index (χ0) is 22.5. The first-order valence-corrected chi connectivity index (χ1v) is 10.4. The minimum absolute atomic E-state index is 0.252. The molecule has 9 heteroatoms. The molecule has 0 aliphatic carbocycles. The van der Waals surface area contributed by atoms with E-state index in [-0.39, 0.29) is 11.7 Å². The smallest absolute Gasteiger partial charge is 0.240 e. The summed E-state index contributed by atoms with van der Waals surface area (Å²) in [5, 5.41) is 5.80. The van der Waals surface area contributed by atoms with Crippen LogP contribution >= 0.6 is 0 Å². The Morgan fingerprint density at radius 2 is 1.84 bits per heavy atom. The predicted octanol–water partition coefficient (Wildman–Crippen LogP) is 3.15. The van der Waals surface area contributed by atoms with Crippen LogP contribution in [0.5, 0.6) is 0 Å². The molecular formula is C23H25FN6O2. The molecule has 4 rings (SSSR count). The maximum absolute atomic E-state index is 14.7. The first kappa shape index (κ1) is 21.7. The van der Waals surface area contributed by atoms with Crippen molar-refractivity contribution in [2.24, 2.45) is 5.73 Å². The summed E-state index contributed by atoms with van der Waals surface area (Å²) in [6.07, 6.45) is 1.63. The van der Waals surface area contributed by atoms with E-state index in [2.05, 4.69) is 20.6 Å². The van der Waals surface area contributed by atoms with E-state index in [4.69, 9.17) is 10.5 Å². The monoisotopic (exact) mass is 436 g/mol. The summed E-state index contributed by atoms with van der Waals surface area (Å²) in [6.45, 7) is 4.16. The van der Waals surface area contributed by atoms with Crippen molar-refractivity contribution in [1.82, 2.24) is 9.97 Å². The Kier molecular flexibility index (Phi) is 6.58. The van der Waals surface area contributed by atoms with Gasteiger partial charge in [-0.15, -0.1) is 0 Å². The Balaban J connectivity index is 1.46. The summed E-state index contributed by atoms with van der Waals surface area (Å²) < 4.78 is 20.0. The Morgan fingerprint density at radius 1 is 1.12 bits per heavy atom. The Hall–Kier alpha value is -3.56. The Bertz CT molecular complexity index is 1080. The van der Waals surface area contributed by atoms with Gasteiger partial charge in [-0.1, -0.05) is 12.1 Å². The van der Waals surface area contributed by atoms with Crippen molar-refractivity contribution in [2.45, 2.75) is 13.0 Å². The van der Waals surface area contributed by atoms with E-state index in [0.29, 0.717) is 55.0 Å². The van der Waals surface area contributed by atoms with Crippen molar-refractivity contribution >= 4 is 28.9 Å². The summed E-state index contributed by atoms with van der Waals surface area (Å²) in [4.78, 5) is 22.4. The third-order valence-electron chi connectivity index (χ3n) is 5.07. The molecular weight excluding hydrogens is 411 g/mol. The minimum Gasteiger partial charge on any atom is -0.378 e. The van der Waals surface area contributed by atoms with Gasteiger partial charge in [0.05, 0.1) is 30.6 Å². The molecule has 1 fully saturated rings. The summed E-state index contributed by atoms with van der Waals surface area (Å²) in [5.74, 6) is -0.203. The average Bonchev–Trinajstić information content (AvgIpc) is 2.80. The second-order valence-electron chi connectivity index (χ2n) is 7.51. The lowest BCUT2D eigenvalue weighted by Gasteiger charge is -2.29. The number of hydrogen-bond donors (Lipinski definition) is 3. The SMILES string of the molecule is CC(N)C(=O)Nc1ccc(-c2ccnc(Nc3ccc(N4CCOCC4)c(F)c3)n2)cc1. The molecule has 1 aliphatic heterocycles. The van der Waals surface area contributed by atoms with Crippen LogP contribution in [0, 0.1) is 5.82 Å². The number of nitrogens with one attached hydrogen (secondary N) is 2. The normalized spacial score (nSPS) is 14.7. The number of hydrogen-bond acceptors (Lipinski definition) is 7. The molecule has 3 aromatic rings. The molecule has 1 aromatic heterocycles. The largest absolute Gasteiger partial charge is 0.378 e. The van der Waals surface area contributed by atoms with Gasteiger partial charge in [0, 0.05) is 36.2 Å². The predicted molar refractivity (Wildman–Crippen MR) is 122 cm³/mol. The van der Waals surface area contributed by atoms with Crippen LogP contribution in [0.4, 0.5) is 27.4 Å². The molecule has 0 bridgehead atoms. The molecule has 1 unspecified atom stereocenters. The molecule has 1 amide bonds. The molecule has 0 saturated carbocycles. The van der Waals surface area contributed by atoms with E-state index in [0.717, 1.165) is 5.56 Å². The van der Waals surface area contributed by atoms with Crippen LogP contribution in [-0.4, -0.2) is 48.2 Å². The maximum Gasteiger partial charge on any atom is 0.240 e. The van der Waals surface area contributed by atoms with E-state index in [1.54, 1.807) is 43.5 Å². The van der Waals surface area contributed by atoms with Gasteiger partial charge in [-0.3, -0.25) is 4.79 Å². The van der Waals surface area contributed by atoms with Crippen LogP contribution in [0.1, 0.15) is 6.92 Å². The minimum atomic E-state index is -0.585. The van der Waals surface area contributed by atoms with Crippen LogP contribution in [-0.2, 0) is 9.53 Å². The number of nitrogens with two attached hydrogens (primary N) is 1. The number of halogens is 1. The summed E-state index contributed by atoms with van der Waals surface area (Å²) >= 11 is 0. The molecule has 8 nitrogen and oxygen atoms in total. The molecule has 2 aromatic carbocycles. The molecule has 1 aliphatic rings. The average molecular weight is 436 g/mol. The standard InChI is InChI=1S/C23H25FN6O2/c1-15(25)22(31)27-17-4-2-16(3-5-17)20-8-9-26-23(29-20)28-18-6-7-21(19(24)14-18)30-10-12-32-13-11-30/h2-9,14-15H,10-13,25H2,1H3,(H,27,31)(H,26,28,29). The number of nitrogens with zero attached hydrogens (tertiary/aromatic N) is 3. The van der Waals surface area contributed by atoms with Gasteiger partial charge in [0.2, 0.25) is 11.9 Å². The summed E-state index contributed by atoms with van der Waals surface area (Å²) in [5.41, 5.74) is 8.89. The van der Waals surface area contributed by atoms with Gasteiger partial charge in [0.15, 0.2) is 0 Å².